The van der Waals surface area contributed by atoms with Crippen molar-refractivity contribution in [2.75, 3.05) is 20.8 Å². The topological polar surface area (TPSA) is 96.5 Å². The number of aliphatic imine (C=N–C) groups is 1. The van der Waals surface area contributed by atoms with Crippen molar-refractivity contribution < 1.29 is 22.6 Å². The third-order valence-electron chi connectivity index (χ3n) is 4.31. The van der Waals surface area contributed by atoms with Gasteiger partial charge in [0.15, 0.2) is 18.4 Å². The molecule has 0 saturated carbocycles. The second-order valence-corrected chi connectivity index (χ2v) is 6.66. The lowest BCUT2D eigenvalue weighted by molar-refractivity contribution is -0.153. The molecule has 170 valence electrons. The molecule has 3 N–H and O–H groups in total. The molecule has 8 nitrogen and oxygen atoms in total. The van der Waals surface area contributed by atoms with E-state index in [1.54, 1.807) is 26.3 Å². The minimum absolute atomic E-state index is 0.159. The number of H-pyrrole nitrogens is 1. The zero-order valence-corrected chi connectivity index (χ0v) is 17.5. The number of aromatic nitrogens is 3. The highest BCUT2D eigenvalue weighted by Crippen LogP contribution is 2.20. The number of ether oxygens (including phenoxy) is 2. The van der Waals surface area contributed by atoms with Crippen LogP contribution < -0.4 is 20.1 Å². The molecule has 2 aromatic carbocycles. The number of alkyl halides is 3. The first-order valence-electron chi connectivity index (χ1n) is 9.65. The van der Waals surface area contributed by atoms with Crippen LogP contribution in [0.15, 0.2) is 53.5 Å². The van der Waals surface area contributed by atoms with Gasteiger partial charge in [-0.1, -0.05) is 12.1 Å². The lowest BCUT2D eigenvalue weighted by Crippen LogP contribution is -2.36. The zero-order valence-electron chi connectivity index (χ0n) is 17.5. The van der Waals surface area contributed by atoms with Crippen LogP contribution in [-0.4, -0.2) is 48.1 Å². The van der Waals surface area contributed by atoms with Crippen molar-refractivity contribution in [1.29, 1.82) is 0 Å². The third kappa shape index (κ3) is 6.89. The molecule has 0 radical (unpaired) electrons. The molecule has 0 aliphatic carbocycles. The number of hydrogen-bond acceptors (Lipinski definition) is 5. The number of nitrogens with one attached hydrogen (secondary N) is 3. The van der Waals surface area contributed by atoms with Gasteiger partial charge in [-0.2, -0.15) is 18.3 Å². The van der Waals surface area contributed by atoms with E-state index in [-0.39, 0.29) is 5.75 Å². The Morgan fingerprint density at radius 2 is 1.66 bits per heavy atom. The third-order valence-corrected chi connectivity index (χ3v) is 4.31. The SMILES string of the molecule is CN=C(NCc1ccc(OCC(F)(F)F)cc1)NCc1nc(-c2ccc(OC)cc2)n[nH]1. The molecule has 0 unspecified atom stereocenters. The van der Waals surface area contributed by atoms with Gasteiger partial charge < -0.3 is 20.1 Å². The van der Waals surface area contributed by atoms with Crippen LogP contribution in [0.25, 0.3) is 11.4 Å². The van der Waals surface area contributed by atoms with Gasteiger partial charge in [-0.05, 0) is 42.0 Å². The summed E-state index contributed by atoms with van der Waals surface area (Å²) in [6, 6.07) is 13.8. The van der Waals surface area contributed by atoms with Gasteiger partial charge in [0.25, 0.3) is 0 Å². The van der Waals surface area contributed by atoms with Crippen LogP contribution in [0.3, 0.4) is 0 Å². The van der Waals surface area contributed by atoms with Gasteiger partial charge in [0.2, 0.25) is 0 Å². The number of hydrogen-bond donors (Lipinski definition) is 3. The van der Waals surface area contributed by atoms with E-state index in [2.05, 4.69) is 30.8 Å². The van der Waals surface area contributed by atoms with Crippen molar-refractivity contribution in [3.8, 4) is 22.9 Å². The number of nitrogens with zero attached hydrogens (tertiary/aromatic N) is 3. The molecule has 0 aliphatic rings. The molecule has 11 heteroatoms. The quantitative estimate of drug-likeness (QED) is 0.362. The maximum Gasteiger partial charge on any atom is 0.422 e. The molecule has 3 aromatic rings. The summed E-state index contributed by atoms with van der Waals surface area (Å²) in [7, 11) is 3.24. The van der Waals surface area contributed by atoms with E-state index in [1.807, 2.05) is 24.3 Å². The second kappa shape index (κ2) is 10.5. The van der Waals surface area contributed by atoms with Crippen LogP contribution >= 0.6 is 0 Å². The fourth-order valence-corrected chi connectivity index (χ4v) is 2.69. The summed E-state index contributed by atoms with van der Waals surface area (Å²) >= 11 is 0. The van der Waals surface area contributed by atoms with Gasteiger partial charge in [-0.25, -0.2) is 4.98 Å². The number of rotatable bonds is 8. The first-order chi connectivity index (χ1) is 15.4. The van der Waals surface area contributed by atoms with Gasteiger partial charge >= 0.3 is 6.18 Å². The Hall–Kier alpha value is -3.76. The first-order valence-corrected chi connectivity index (χ1v) is 9.65. The van der Waals surface area contributed by atoms with Crippen molar-refractivity contribution in [2.24, 2.45) is 4.99 Å². The van der Waals surface area contributed by atoms with Crippen molar-refractivity contribution in [1.82, 2.24) is 25.8 Å². The molecule has 0 fully saturated rings. The first kappa shape index (κ1) is 22.9. The average molecular weight is 448 g/mol. The summed E-state index contributed by atoms with van der Waals surface area (Å²) in [5.74, 6) is 2.64. The van der Waals surface area contributed by atoms with E-state index in [1.165, 1.54) is 12.1 Å². The summed E-state index contributed by atoms with van der Waals surface area (Å²) in [6.45, 7) is -0.525. The lowest BCUT2D eigenvalue weighted by Gasteiger charge is -2.12. The van der Waals surface area contributed by atoms with Gasteiger partial charge in [-0.15, -0.1) is 0 Å². The molecule has 0 atom stereocenters. The monoisotopic (exact) mass is 448 g/mol. The predicted molar refractivity (Wildman–Crippen MR) is 113 cm³/mol. The van der Waals surface area contributed by atoms with Crippen LogP contribution in [0, 0.1) is 0 Å². The molecule has 32 heavy (non-hydrogen) atoms. The smallest absolute Gasteiger partial charge is 0.422 e. The average Bonchev–Trinajstić information content (AvgIpc) is 3.27. The van der Waals surface area contributed by atoms with Crippen LogP contribution in [0.2, 0.25) is 0 Å². The minimum atomic E-state index is -4.36. The zero-order chi connectivity index (χ0) is 23.0. The Morgan fingerprint density at radius 1 is 1.00 bits per heavy atom. The fraction of sp³-hybridized carbons (Fsp3) is 0.286. The standard InChI is InChI=1S/C21H23F3N6O2/c1-25-20(26-11-14-3-7-17(8-4-14)32-13-21(22,23)24)27-12-18-28-19(30-29-18)15-5-9-16(31-2)10-6-15/h3-10H,11-13H2,1-2H3,(H2,25,26,27)(H,28,29,30). The molecular formula is C21H23F3N6O2. The molecule has 3 rings (SSSR count). The molecular weight excluding hydrogens is 425 g/mol. The van der Waals surface area contributed by atoms with Crippen molar-refractivity contribution >= 4 is 5.96 Å². The van der Waals surface area contributed by atoms with E-state index in [9.17, 15) is 13.2 Å². The molecule has 1 heterocycles. The normalized spacial score (nSPS) is 11.8. The summed E-state index contributed by atoms with van der Waals surface area (Å²) in [5, 5.41) is 13.3. The molecule has 1 aromatic heterocycles. The van der Waals surface area contributed by atoms with Crippen LogP contribution in [0.5, 0.6) is 11.5 Å². The highest BCUT2D eigenvalue weighted by atomic mass is 19.4. The van der Waals surface area contributed by atoms with Gasteiger partial charge in [0, 0.05) is 19.2 Å². The molecule has 0 amide bonds. The number of aromatic amines is 1. The number of guanidine groups is 1. The molecule has 0 bridgehead atoms. The summed E-state index contributed by atoms with van der Waals surface area (Å²) in [5.41, 5.74) is 1.72. The maximum atomic E-state index is 12.2. The summed E-state index contributed by atoms with van der Waals surface area (Å²) in [4.78, 5) is 8.60. The number of methoxy groups -OCH3 is 1. The van der Waals surface area contributed by atoms with E-state index in [0.29, 0.717) is 30.7 Å². The molecule has 0 aliphatic heterocycles. The van der Waals surface area contributed by atoms with Crippen molar-refractivity contribution in [3.63, 3.8) is 0 Å². The van der Waals surface area contributed by atoms with E-state index in [0.717, 1.165) is 16.9 Å². The van der Waals surface area contributed by atoms with E-state index < -0.39 is 12.8 Å². The van der Waals surface area contributed by atoms with Gasteiger partial charge in [0.05, 0.1) is 13.7 Å². The molecule has 0 spiro atoms. The van der Waals surface area contributed by atoms with Crippen LogP contribution in [0.1, 0.15) is 11.4 Å². The maximum absolute atomic E-state index is 12.2. The Bertz CT molecular complexity index is 1020. The lowest BCUT2D eigenvalue weighted by atomic mass is 10.2. The van der Waals surface area contributed by atoms with Crippen LogP contribution in [-0.2, 0) is 13.1 Å². The second-order valence-electron chi connectivity index (χ2n) is 6.66. The fourth-order valence-electron chi connectivity index (χ4n) is 2.69. The molecule has 0 saturated heterocycles. The van der Waals surface area contributed by atoms with E-state index in [4.69, 9.17) is 9.47 Å². The Morgan fingerprint density at radius 3 is 2.28 bits per heavy atom. The van der Waals surface area contributed by atoms with Gasteiger partial charge in [0.1, 0.15) is 17.3 Å². The van der Waals surface area contributed by atoms with Gasteiger partial charge in [-0.3, -0.25) is 10.1 Å². The Labute approximate surface area is 182 Å². The van der Waals surface area contributed by atoms with Crippen LogP contribution in [0.4, 0.5) is 13.2 Å². The van der Waals surface area contributed by atoms with E-state index >= 15 is 0 Å². The number of halogens is 3. The summed E-state index contributed by atoms with van der Waals surface area (Å²) in [6.07, 6.45) is -4.36. The Kier molecular flexibility index (Phi) is 7.53. The Balaban J connectivity index is 1.47. The van der Waals surface area contributed by atoms with Crippen molar-refractivity contribution in [3.05, 3.63) is 59.9 Å². The van der Waals surface area contributed by atoms with Crippen molar-refractivity contribution in [2.45, 2.75) is 19.3 Å². The number of benzene rings is 2. The summed E-state index contributed by atoms with van der Waals surface area (Å²) < 4.78 is 46.5. The highest BCUT2D eigenvalue weighted by Gasteiger charge is 2.28. The highest BCUT2D eigenvalue weighted by molar-refractivity contribution is 5.79. The predicted octanol–water partition coefficient (Wildman–Crippen LogP) is 3.29. The minimum Gasteiger partial charge on any atom is -0.497 e. The largest absolute Gasteiger partial charge is 0.497 e.